The van der Waals surface area contributed by atoms with E-state index in [2.05, 4.69) is 17.4 Å². The Morgan fingerprint density at radius 3 is 2.59 bits per heavy atom. The lowest BCUT2D eigenvalue weighted by molar-refractivity contribution is -0.126. The first-order valence-corrected chi connectivity index (χ1v) is 16.4. The Hall–Kier alpha value is -3.65. The van der Waals surface area contributed by atoms with Crippen molar-refractivity contribution in [3.05, 3.63) is 65.7 Å². The topological polar surface area (TPSA) is 105 Å². The van der Waals surface area contributed by atoms with Crippen molar-refractivity contribution >= 4 is 17.5 Å². The normalized spacial score (nSPS) is 22.4. The van der Waals surface area contributed by atoms with Crippen LogP contribution in [0.25, 0.3) is 11.3 Å². The van der Waals surface area contributed by atoms with E-state index in [1.807, 2.05) is 37.3 Å². The van der Waals surface area contributed by atoms with Crippen molar-refractivity contribution in [2.75, 3.05) is 25.2 Å². The number of rotatable bonds is 10. The van der Waals surface area contributed by atoms with Crippen molar-refractivity contribution in [2.45, 2.75) is 89.0 Å². The van der Waals surface area contributed by atoms with Crippen molar-refractivity contribution in [1.29, 1.82) is 0 Å². The van der Waals surface area contributed by atoms with E-state index < -0.39 is 6.61 Å². The molecule has 0 saturated heterocycles. The van der Waals surface area contributed by atoms with Crippen molar-refractivity contribution in [3.8, 4) is 17.0 Å². The maximum absolute atomic E-state index is 13.6. The highest BCUT2D eigenvalue weighted by atomic mass is 16.5. The third-order valence-electron chi connectivity index (χ3n) is 9.92. The van der Waals surface area contributed by atoms with Crippen LogP contribution >= 0.6 is 0 Å². The largest absolute Gasteiger partial charge is 0.496 e. The molecule has 3 saturated carbocycles. The fourth-order valence-corrected chi connectivity index (χ4v) is 7.33. The Labute approximate surface area is 260 Å². The zero-order valence-electron chi connectivity index (χ0n) is 26.0. The summed E-state index contributed by atoms with van der Waals surface area (Å²) in [6, 6.07) is 13.9. The Morgan fingerprint density at radius 2 is 1.86 bits per heavy atom. The number of oxazole rings is 1. The number of carbonyl (C=O) groups is 2. The SMILES string of the molecule is COc1ccc(C2CCC(CNC(=O)C3CCCCC3)CC2N(C(=O)CO)c2cccc(-c3coc(C4CC4)n3)c2)cc1C. The number of hydrogen-bond donors (Lipinski definition) is 2. The van der Waals surface area contributed by atoms with Crippen LogP contribution in [-0.4, -0.2) is 48.2 Å². The third kappa shape index (κ3) is 6.70. The molecule has 3 aliphatic rings. The molecule has 0 spiro atoms. The van der Waals surface area contributed by atoms with Crippen LogP contribution in [0.2, 0.25) is 0 Å². The number of aryl methyl sites for hydroxylation is 1. The smallest absolute Gasteiger partial charge is 0.252 e. The number of ether oxygens (including phenoxy) is 1. The van der Waals surface area contributed by atoms with Gasteiger partial charge in [-0.05, 0) is 87.1 Å². The van der Waals surface area contributed by atoms with Gasteiger partial charge in [0.05, 0.1) is 7.11 Å². The molecule has 1 aromatic heterocycles. The second-order valence-corrected chi connectivity index (χ2v) is 13.0. The Bertz CT molecular complexity index is 1460. The van der Waals surface area contributed by atoms with Gasteiger partial charge in [0.2, 0.25) is 5.91 Å². The molecule has 3 fully saturated rings. The summed E-state index contributed by atoms with van der Waals surface area (Å²) in [5.41, 5.74) is 4.54. The molecule has 3 atom stereocenters. The number of anilines is 1. The summed E-state index contributed by atoms with van der Waals surface area (Å²) in [5, 5.41) is 13.5. The number of aliphatic hydroxyl groups is 1. The molecular formula is C36H45N3O5. The lowest BCUT2D eigenvalue weighted by Crippen LogP contribution is -2.49. The van der Waals surface area contributed by atoms with E-state index in [-0.39, 0.29) is 35.6 Å². The van der Waals surface area contributed by atoms with Gasteiger partial charge in [-0.25, -0.2) is 4.98 Å². The number of aliphatic hydroxyl groups excluding tert-OH is 1. The molecule has 44 heavy (non-hydrogen) atoms. The minimum Gasteiger partial charge on any atom is -0.496 e. The molecule has 1 heterocycles. The molecule has 234 valence electrons. The first kappa shape index (κ1) is 30.4. The average molecular weight is 600 g/mol. The quantitative estimate of drug-likeness (QED) is 0.275. The van der Waals surface area contributed by atoms with Gasteiger partial charge in [0.25, 0.3) is 5.91 Å². The van der Waals surface area contributed by atoms with Crippen LogP contribution in [0.5, 0.6) is 5.75 Å². The molecule has 3 aliphatic carbocycles. The Morgan fingerprint density at radius 1 is 1.05 bits per heavy atom. The molecule has 8 nitrogen and oxygen atoms in total. The number of nitrogens with one attached hydrogen (secondary N) is 1. The lowest BCUT2D eigenvalue weighted by atomic mass is 9.73. The number of benzene rings is 2. The molecule has 2 amide bonds. The summed E-state index contributed by atoms with van der Waals surface area (Å²) >= 11 is 0. The molecule has 8 heteroatoms. The number of aromatic nitrogens is 1. The number of carbonyl (C=O) groups excluding carboxylic acids is 2. The zero-order chi connectivity index (χ0) is 30.6. The van der Waals surface area contributed by atoms with Crippen LogP contribution in [0.1, 0.15) is 93.1 Å². The molecule has 3 unspecified atom stereocenters. The molecule has 0 bridgehead atoms. The molecule has 6 rings (SSSR count). The van der Waals surface area contributed by atoms with Crippen LogP contribution in [-0.2, 0) is 9.59 Å². The van der Waals surface area contributed by atoms with Gasteiger partial charge >= 0.3 is 0 Å². The lowest BCUT2D eigenvalue weighted by Gasteiger charge is -2.43. The standard InChI is InChI=1S/C36H45N3O5/c1-23-17-27(14-16-33(23)43-2)30-15-11-24(20-37-35(42)25-7-4-3-5-8-25)18-32(30)39(34(41)21-40)29-10-6-9-28(19-29)31-22-44-36(38-31)26-12-13-26/h6,9-10,14,16-17,19,22,24-26,30,32,40H,3-5,7-8,11-13,15,18,20-21H2,1-2H3,(H,37,42). The fraction of sp³-hybridized carbons (Fsp3) is 0.528. The first-order valence-electron chi connectivity index (χ1n) is 16.4. The van der Waals surface area contributed by atoms with Crippen LogP contribution in [0, 0.1) is 18.8 Å². The van der Waals surface area contributed by atoms with E-state index >= 15 is 0 Å². The zero-order valence-corrected chi connectivity index (χ0v) is 26.0. The highest BCUT2D eigenvalue weighted by molar-refractivity contribution is 5.95. The minimum absolute atomic E-state index is 0.0533. The minimum atomic E-state index is -0.589. The summed E-state index contributed by atoms with van der Waals surface area (Å²) < 4.78 is 11.3. The van der Waals surface area contributed by atoms with Crippen molar-refractivity contribution < 1.29 is 23.8 Å². The van der Waals surface area contributed by atoms with Gasteiger partial charge in [0, 0.05) is 41.6 Å². The maximum Gasteiger partial charge on any atom is 0.252 e. The van der Waals surface area contributed by atoms with Crippen LogP contribution in [0.15, 0.2) is 53.1 Å². The van der Waals surface area contributed by atoms with Crippen molar-refractivity contribution in [2.24, 2.45) is 11.8 Å². The van der Waals surface area contributed by atoms with Gasteiger partial charge in [-0.1, -0.05) is 43.5 Å². The number of methoxy groups -OCH3 is 1. The van der Waals surface area contributed by atoms with Crippen molar-refractivity contribution in [1.82, 2.24) is 10.3 Å². The van der Waals surface area contributed by atoms with Gasteiger partial charge in [0.15, 0.2) is 5.89 Å². The number of nitrogens with zero attached hydrogens (tertiary/aromatic N) is 2. The van der Waals surface area contributed by atoms with Crippen LogP contribution < -0.4 is 15.0 Å². The average Bonchev–Trinajstić information content (AvgIpc) is 3.80. The summed E-state index contributed by atoms with van der Waals surface area (Å²) in [6.07, 6.45) is 11.8. The van der Waals surface area contributed by atoms with Gasteiger partial charge in [-0.2, -0.15) is 0 Å². The van der Waals surface area contributed by atoms with E-state index in [1.54, 1.807) is 18.3 Å². The van der Waals surface area contributed by atoms with E-state index in [1.165, 1.54) is 6.42 Å². The molecule has 0 aliphatic heterocycles. The van der Waals surface area contributed by atoms with Crippen molar-refractivity contribution in [3.63, 3.8) is 0 Å². The van der Waals surface area contributed by atoms with Gasteiger partial charge < -0.3 is 24.5 Å². The molecule has 3 aromatic rings. The van der Waals surface area contributed by atoms with Gasteiger partial charge in [-0.15, -0.1) is 0 Å². The van der Waals surface area contributed by atoms with Gasteiger partial charge in [-0.3, -0.25) is 9.59 Å². The van der Waals surface area contributed by atoms with Crippen LogP contribution in [0.3, 0.4) is 0 Å². The molecule has 0 radical (unpaired) electrons. The molecule has 2 N–H and O–H groups in total. The van der Waals surface area contributed by atoms with Gasteiger partial charge in [0.1, 0.15) is 24.3 Å². The maximum atomic E-state index is 13.6. The van der Waals surface area contributed by atoms with E-state index in [0.717, 1.165) is 91.1 Å². The summed E-state index contributed by atoms with van der Waals surface area (Å²) in [5.74, 6) is 2.23. The third-order valence-corrected chi connectivity index (χ3v) is 9.92. The number of hydrogen-bond acceptors (Lipinski definition) is 6. The molecular weight excluding hydrogens is 554 g/mol. The van der Waals surface area contributed by atoms with E-state index in [4.69, 9.17) is 14.1 Å². The second-order valence-electron chi connectivity index (χ2n) is 13.0. The monoisotopic (exact) mass is 599 g/mol. The highest BCUT2D eigenvalue weighted by Crippen LogP contribution is 2.43. The van der Waals surface area contributed by atoms with E-state index in [0.29, 0.717) is 18.9 Å². The Balaban J connectivity index is 1.30. The first-order chi connectivity index (χ1) is 21.4. The predicted molar refractivity (Wildman–Crippen MR) is 170 cm³/mol. The molecule has 2 aromatic carbocycles. The van der Waals surface area contributed by atoms with E-state index in [9.17, 15) is 14.7 Å². The summed E-state index contributed by atoms with van der Waals surface area (Å²) in [7, 11) is 1.68. The van der Waals surface area contributed by atoms with Crippen LogP contribution in [0.4, 0.5) is 5.69 Å². The summed E-state index contributed by atoms with van der Waals surface area (Å²) in [6.45, 7) is 2.05. The summed E-state index contributed by atoms with van der Waals surface area (Å²) in [4.78, 5) is 33.2. The fourth-order valence-electron chi connectivity index (χ4n) is 7.33. The second kappa shape index (κ2) is 13.6. The Kier molecular flexibility index (Phi) is 9.36. The predicted octanol–water partition coefficient (Wildman–Crippen LogP) is 6.51. The highest BCUT2D eigenvalue weighted by Gasteiger charge is 2.39. The number of amides is 2.